The number of carbonyl (C=O) groups is 3. The fourth-order valence-corrected chi connectivity index (χ4v) is 3.90. The highest BCUT2D eigenvalue weighted by atomic mass is 16.5. The first-order chi connectivity index (χ1) is 16.5. The van der Waals surface area contributed by atoms with E-state index in [-0.39, 0.29) is 13.0 Å². The predicted molar refractivity (Wildman–Crippen MR) is 129 cm³/mol. The molecule has 1 atom stereocenters. The van der Waals surface area contributed by atoms with Crippen LogP contribution in [0.5, 0.6) is 0 Å². The fourth-order valence-electron chi connectivity index (χ4n) is 3.90. The Morgan fingerprint density at radius 2 is 1.41 bits per heavy atom. The molecule has 0 saturated carbocycles. The summed E-state index contributed by atoms with van der Waals surface area (Å²) in [5.41, 5.74) is 1.66. The van der Waals surface area contributed by atoms with Crippen LogP contribution in [0.25, 0.3) is 21.5 Å². The summed E-state index contributed by atoms with van der Waals surface area (Å²) in [6.45, 7) is -0.326. The standard InChI is InChI=1S/C27H24N2O5/c30-25(16-28-27(33)34-17-18-8-2-1-3-9-18)29-24(26(31)32)15-23-21-12-6-4-10-19(21)14-20-11-5-7-13-22(20)23/h1-14,24H,15-17H2,(H,28,33)(H,29,30)(H,31,32)/t24-/m1/s1. The van der Waals surface area contributed by atoms with Crippen molar-refractivity contribution in [2.45, 2.75) is 19.1 Å². The predicted octanol–water partition coefficient (Wildman–Crippen LogP) is 4.03. The van der Waals surface area contributed by atoms with Crippen LogP contribution in [0.1, 0.15) is 11.1 Å². The molecular weight excluding hydrogens is 432 g/mol. The average Bonchev–Trinajstić information content (AvgIpc) is 2.86. The minimum Gasteiger partial charge on any atom is -0.480 e. The van der Waals surface area contributed by atoms with Gasteiger partial charge in [-0.3, -0.25) is 4.79 Å². The number of hydrogen-bond acceptors (Lipinski definition) is 4. The molecule has 0 unspecified atom stereocenters. The van der Waals surface area contributed by atoms with Crippen LogP contribution in [0, 0.1) is 0 Å². The Morgan fingerprint density at radius 3 is 2.03 bits per heavy atom. The van der Waals surface area contributed by atoms with Crippen LogP contribution < -0.4 is 10.6 Å². The van der Waals surface area contributed by atoms with Gasteiger partial charge in [-0.25, -0.2) is 9.59 Å². The average molecular weight is 456 g/mol. The molecule has 0 aliphatic heterocycles. The van der Waals surface area contributed by atoms with Crippen molar-refractivity contribution in [1.29, 1.82) is 0 Å². The number of nitrogens with one attached hydrogen (secondary N) is 2. The summed E-state index contributed by atoms with van der Waals surface area (Å²) in [6.07, 6.45) is -0.660. The van der Waals surface area contributed by atoms with Gasteiger partial charge in [-0.15, -0.1) is 0 Å². The maximum absolute atomic E-state index is 12.4. The van der Waals surface area contributed by atoms with Crippen LogP contribution in [0.4, 0.5) is 4.79 Å². The minimum atomic E-state index is -1.16. The van der Waals surface area contributed by atoms with Crippen LogP contribution >= 0.6 is 0 Å². The van der Waals surface area contributed by atoms with Gasteiger partial charge in [-0.05, 0) is 38.7 Å². The van der Waals surface area contributed by atoms with Gasteiger partial charge >= 0.3 is 12.1 Å². The summed E-state index contributed by atoms with van der Waals surface area (Å²) < 4.78 is 5.08. The molecule has 172 valence electrons. The number of fused-ring (bicyclic) bond motifs is 2. The number of aliphatic carboxylic acids is 1. The lowest BCUT2D eigenvalue weighted by atomic mass is 9.92. The SMILES string of the molecule is O=C(CNC(=O)OCc1ccccc1)N[C@H](Cc1c2ccccc2cc2ccccc12)C(=O)O. The molecular formula is C27H24N2O5. The van der Waals surface area contributed by atoms with Crippen molar-refractivity contribution in [3.05, 3.63) is 96.1 Å². The second-order valence-electron chi connectivity index (χ2n) is 7.88. The molecule has 0 aromatic heterocycles. The smallest absolute Gasteiger partial charge is 0.407 e. The van der Waals surface area contributed by atoms with E-state index in [4.69, 9.17) is 4.74 Å². The van der Waals surface area contributed by atoms with Gasteiger partial charge in [0.15, 0.2) is 0 Å². The Kier molecular flexibility index (Phi) is 7.03. The molecule has 0 saturated heterocycles. The van der Waals surface area contributed by atoms with Crippen molar-refractivity contribution >= 4 is 39.5 Å². The van der Waals surface area contributed by atoms with Gasteiger partial charge in [0.2, 0.25) is 5.91 Å². The third kappa shape index (κ3) is 5.50. The molecule has 0 bridgehead atoms. The first kappa shape index (κ1) is 22.8. The van der Waals surface area contributed by atoms with Crippen LogP contribution in [-0.4, -0.2) is 35.7 Å². The molecule has 0 heterocycles. The van der Waals surface area contributed by atoms with Gasteiger partial charge in [-0.2, -0.15) is 0 Å². The Morgan fingerprint density at radius 1 is 0.824 bits per heavy atom. The molecule has 4 aromatic carbocycles. The maximum atomic E-state index is 12.4. The lowest BCUT2D eigenvalue weighted by Crippen LogP contribution is -2.46. The van der Waals surface area contributed by atoms with Crippen molar-refractivity contribution < 1.29 is 24.2 Å². The molecule has 0 spiro atoms. The lowest BCUT2D eigenvalue weighted by Gasteiger charge is -2.18. The molecule has 3 N–H and O–H groups in total. The van der Waals surface area contributed by atoms with Gasteiger partial charge in [0.05, 0.1) is 0 Å². The van der Waals surface area contributed by atoms with Gasteiger partial charge in [0.1, 0.15) is 19.2 Å². The number of carbonyl (C=O) groups excluding carboxylic acids is 2. The largest absolute Gasteiger partial charge is 0.480 e. The van der Waals surface area contributed by atoms with E-state index in [0.717, 1.165) is 32.7 Å². The van der Waals surface area contributed by atoms with E-state index in [9.17, 15) is 19.5 Å². The molecule has 0 aliphatic rings. The first-order valence-electron chi connectivity index (χ1n) is 10.9. The maximum Gasteiger partial charge on any atom is 0.407 e. The van der Waals surface area contributed by atoms with Crippen molar-refractivity contribution in [3.8, 4) is 0 Å². The Hall–Kier alpha value is -4.39. The van der Waals surface area contributed by atoms with Crippen LogP contribution in [0.15, 0.2) is 84.9 Å². The van der Waals surface area contributed by atoms with E-state index < -0.39 is 30.6 Å². The highest BCUT2D eigenvalue weighted by molar-refractivity contribution is 6.02. The summed E-state index contributed by atoms with van der Waals surface area (Å²) in [5, 5.41) is 18.5. The number of amides is 2. The molecule has 2 amide bonds. The normalized spacial score (nSPS) is 11.6. The Labute approximate surface area is 196 Å². The number of hydrogen-bond donors (Lipinski definition) is 3. The Balaban J connectivity index is 1.43. The quantitative estimate of drug-likeness (QED) is 0.347. The molecule has 0 fully saturated rings. The zero-order chi connectivity index (χ0) is 23.9. The monoisotopic (exact) mass is 456 g/mol. The second-order valence-corrected chi connectivity index (χ2v) is 7.88. The van der Waals surface area contributed by atoms with Gasteiger partial charge in [-0.1, -0.05) is 78.9 Å². The van der Waals surface area contributed by atoms with Gasteiger partial charge in [0, 0.05) is 6.42 Å². The van der Waals surface area contributed by atoms with Crippen molar-refractivity contribution in [2.24, 2.45) is 0 Å². The van der Waals surface area contributed by atoms with E-state index >= 15 is 0 Å². The van der Waals surface area contributed by atoms with Crippen LogP contribution in [0.2, 0.25) is 0 Å². The lowest BCUT2D eigenvalue weighted by molar-refractivity contribution is -0.141. The zero-order valence-corrected chi connectivity index (χ0v) is 18.4. The molecule has 4 rings (SSSR count). The van der Waals surface area contributed by atoms with Crippen LogP contribution in [-0.2, 0) is 27.4 Å². The minimum absolute atomic E-state index is 0.0696. The molecule has 34 heavy (non-hydrogen) atoms. The summed E-state index contributed by atoms with van der Waals surface area (Å²) in [4.78, 5) is 36.3. The van der Waals surface area contributed by atoms with Crippen molar-refractivity contribution in [3.63, 3.8) is 0 Å². The summed E-state index contributed by atoms with van der Waals surface area (Å²) >= 11 is 0. The van der Waals surface area contributed by atoms with E-state index in [1.54, 1.807) is 0 Å². The fraction of sp³-hybridized carbons (Fsp3) is 0.148. The second kappa shape index (κ2) is 10.5. The highest BCUT2D eigenvalue weighted by Crippen LogP contribution is 2.29. The van der Waals surface area contributed by atoms with E-state index in [2.05, 4.69) is 16.7 Å². The zero-order valence-electron chi connectivity index (χ0n) is 18.4. The molecule has 0 radical (unpaired) electrons. The number of alkyl carbamates (subject to hydrolysis) is 1. The Bertz CT molecular complexity index is 1280. The number of carboxylic acid groups (broad SMARTS) is 1. The summed E-state index contributed by atoms with van der Waals surface area (Å²) in [6, 6.07) is 25.6. The van der Waals surface area contributed by atoms with Gasteiger partial charge in [0.25, 0.3) is 0 Å². The number of ether oxygens (including phenoxy) is 1. The van der Waals surface area contributed by atoms with E-state index in [1.807, 2.05) is 78.9 Å². The number of rotatable bonds is 8. The molecule has 0 aliphatic carbocycles. The number of benzene rings is 4. The third-order valence-corrected chi connectivity index (χ3v) is 5.53. The van der Waals surface area contributed by atoms with Gasteiger partial charge < -0.3 is 20.5 Å². The van der Waals surface area contributed by atoms with Crippen LogP contribution in [0.3, 0.4) is 0 Å². The molecule has 4 aromatic rings. The van der Waals surface area contributed by atoms with Crippen molar-refractivity contribution in [2.75, 3.05) is 6.54 Å². The van der Waals surface area contributed by atoms with E-state index in [0.29, 0.717) is 0 Å². The number of carboxylic acids is 1. The van der Waals surface area contributed by atoms with Crippen molar-refractivity contribution in [1.82, 2.24) is 10.6 Å². The summed E-state index contributed by atoms with van der Waals surface area (Å²) in [7, 11) is 0. The summed E-state index contributed by atoms with van der Waals surface area (Å²) in [5.74, 6) is -1.77. The molecule has 7 nitrogen and oxygen atoms in total. The highest BCUT2D eigenvalue weighted by Gasteiger charge is 2.23. The van der Waals surface area contributed by atoms with E-state index in [1.165, 1.54) is 0 Å². The topological polar surface area (TPSA) is 105 Å². The third-order valence-electron chi connectivity index (χ3n) is 5.53. The first-order valence-corrected chi connectivity index (χ1v) is 10.9. The molecule has 7 heteroatoms.